The molecule has 2 nitrogen and oxygen atoms in total. The van der Waals surface area contributed by atoms with Gasteiger partial charge in [-0.25, -0.2) is 0 Å². The molecular weight excluding hydrogens is 198 g/mol. The van der Waals surface area contributed by atoms with Crippen LogP contribution >= 0.6 is 0 Å². The van der Waals surface area contributed by atoms with Crippen LogP contribution in [0.2, 0.25) is 0 Å². The molecule has 16 heavy (non-hydrogen) atoms. The van der Waals surface area contributed by atoms with Gasteiger partial charge < -0.3 is 10.1 Å². The summed E-state index contributed by atoms with van der Waals surface area (Å²) >= 11 is 0. The summed E-state index contributed by atoms with van der Waals surface area (Å²) in [6.45, 7) is 6.42. The Morgan fingerprint density at radius 1 is 1.19 bits per heavy atom. The second-order valence-electron chi connectivity index (χ2n) is 4.96. The lowest BCUT2D eigenvalue weighted by atomic mass is 9.88. The maximum absolute atomic E-state index is 5.66. The number of nitrogens with one attached hydrogen (secondary N) is 1. The Bertz CT molecular complexity index is 282. The lowest BCUT2D eigenvalue weighted by Gasteiger charge is -2.23. The molecule has 0 aliphatic heterocycles. The van der Waals surface area contributed by atoms with Crippen LogP contribution in [0.1, 0.15) is 26.7 Å². The van der Waals surface area contributed by atoms with Crippen molar-refractivity contribution in [2.45, 2.75) is 26.7 Å². The summed E-state index contributed by atoms with van der Waals surface area (Å²) in [5.41, 5.74) is 0.356. The van der Waals surface area contributed by atoms with E-state index >= 15 is 0 Å². The smallest absolute Gasteiger partial charge is 0.119 e. The predicted octanol–water partition coefficient (Wildman–Crippen LogP) is 3.09. The minimum Gasteiger partial charge on any atom is -0.494 e. The normalized spacial score (nSPS) is 11.4. The van der Waals surface area contributed by atoms with Gasteiger partial charge in [-0.1, -0.05) is 32.0 Å². The molecule has 1 N–H and O–H groups in total. The van der Waals surface area contributed by atoms with Crippen molar-refractivity contribution in [1.29, 1.82) is 0 Å². The Labute approximate surface area is 99.0 Å². The van der Waals surface area contributed by atoms with Crippen molar-refractivity contribution >= 4 is 0 Å². The van der Waals surface area contributed by atoms with Crippen LogP contribution in [0.15, 0.2) is 30.3 Å². The van der Waals surface area contributed by atoms with Crippen molar-refractivity contribution < 1.29 is 4.74 Å². The van der Waals surface area contributed by atoms with E-state index in [4.69, 9.17) is 4.74 Å². The molecule has 0 amide bonds. The van der Waals surface area contributed by atoms with Gasteiger partial charge in [0.2, 0.25) is 0 Å². The number of para-hydroxylation sites is 1. The standard InChI is InChI=1S/C14H23NO/c1-14(2,12-15-3)10-7-11-16-13-8-5-4-6-9-13/h4-6,8-9,15H,7,10-12H2,1-3H3. The second-order valence-corrected chi connectivity index (χ2v) is 4.96. The number of rotatable bonds is 7. The molecule has 1 aromatic rings. The van der Waals surface area contributed by atoms with Crippen molar-refractivity contribution in [3.8, 4) is 5.75 Å². The van der Waals surface area contributed by atoms with Crippen LogP contribution in [0.4, 0.5) is 0 Å². The molecule has 0 aliphatic rings. The van der Waals surface area contributed by atoms with E-state index in [2.05, 4.69) is 19.2 Å². The highest BCUT2D eigenvalue weighted by atomic mass is 16.5. The van der Waals surface area contributed by atoms with E-state index in [1.807, 2.05) is 37.4 Å². The Morgan fingerprint density at radius 2 is 1.88 bits per heavy atom. The zero-order valence-corrected chi connectivity index (χ0v) is 10.6. The highest BCUT2D eigenvalue weighted by molar-refractivity contribution is 5.20. The molecular formula is C14H23NO. The maximum Gasteiger partial charge on any atom is 0.119 e. The first-order valence-electron chi connectivity index (χ1n) is 5.96. The molecule has 0 saturated carbocycles. The summed E-state index contributed by atoms with van der Waals surface area (Å²) in [5.74, 6) is 0.967. The van der Waals surface area contributed by atoms with E-state index in [1.165, 1.54) is 6.42 Å². The molecule has 90 valence electrons. The molecule has 2 heteroatoms. The maximum atomic E-state index is 5.66. The third-order valence-electron chi connectivity index (χ3n) is 2.67. The van der Waals surface area contributed by atoms with Crippen LogP contribution in [-0.4, -0.2) is 20.2 Å². The topological polar surface area (TPSA) is 21.3 Å². The third kappa shape index (κ3) is 5.17. The van der Waals surface area contributed by atoms with Crippen LogP contribution in [0.25, 0.3) is 0 Å². The van der Waals surface area contributed by atoms with Gasteiger partial charge in [-0.15, -0.1) is 0 Å². The minimum absolute atomic E-state index is 0.356. The van der Waals surface area contributed by atoms with E-state index < -0.39 is 0 Å². The van der Waals surface area contributed by atoms with Crippen LogP contribution in [0.5, 0.6) is 5.75 Å². The highest BCUT2D eigenvalue weighted by Crippen LogP contribution is 2.21. The number of benzene rings is 1. The van der Waals surface area contributed by atoms with Gasteiger partial charge in [-0.3, -0.25) is 0 Å². The van der Waals surface area contributed by atoms with Crippen molar-refractivity contribution in [3.05, 3.63) is 30.3 Å². The monoisotopic (exact) mass is 221 g/mol. The van der Waals surface area contributed by atoms with Crippen molar-refractivity contribution in [2.75, 3.05) is 20.2 Å². The first-order valence-corrected chi connectivity index (χ1v) is 5.96. The predicted molar refractivity (Wildman–Crippen MR) is 68.9 cm³/mol. The molecule has 0 heterocycles. The van der Waals surface area contributed by atoms with Gasteiger partial charge in [-0.2, -0.15) is 0 Å². The van der Waals surface area contributed by atoms with Crippen LogP contribution in [0, 0.1) is 5.41 Å². The fourth-order valence-corrected chi connectivity index (χ4v) is 1.82. The van der Waals surface area contributed by atoms with Gasteiger partial charge in [0.1, 0.15) is 5.75 Å². The molecule has 0 aliphatic carbocycles. The van der Waals surface area contributed by atoms with Gasteiger partial charge in [0.05, 0.1) is 6.61 Å². The average molecular weight is 221 g/mol. The fraction of sp³-hybridized carbons (Fsp3) is 0.571. The van der Waals surface area contributed by atoms with Gasteiger partial charge in [0, 0.05) is 0 Å². The number of hydrogen-bond acceptors (Lipinski definition) is 2. The molecule has 0 fully saturated rings. The third-order valence-corrected chi connectivity index (χ3v) is 2.67. The largest absolute Gasteiger partial charge is 0.494 e. The van der Waals surface area contributed by atoms with Gasteiger partial charge in [0.15, 0.2) is 0 Å². The van der Waals surface area contributed by atoms with Gasteiger partial charge >= 0.3 is 0 Å². The van der Waals surface area contributed by atoms with E-state index in [0.29, 0.717) is 5.41 Å². The molecule has 1 rings (SSSR count). The van der Waals surface area contributed by atoms with E-state index in [9.17, 15) is 0 Å². The summed E-state index contributed by atoms with van der Waals surface area (Å²) in [7, 11) is 2.00. The summed E-state index contributed by atoms with van der Waals surface area (Å²) in [4.78, 5) is 0. The van der Waals surface area contributed by atoms with Crippen molar-refractivity contribution in [2.24, 2.45) is 5.41 Å². The van der Waals surface area contributed by atoms with E-state index in [1.54, 1.807) is 0 Å². The van der Waals surface area contributed by atoms with E-state index in [-0.39, 0.29) is 0 Å². The van der Waals surface area contributed by atoms with E-state index in [0.717, 1.165) is 25.3 Å². The Hall–Kier alpha value is -1.02. The van der Waals surface area contributed by atoms with Crippen LogP contribution in [-0.2, 0) is 0 Å². The first-order chi connectivity index (χ1) is 7.64. The average Bonchev–Trinajstić information content (AvgIpc) is 2.26. The zero-order valence-electron chi connectivity index (χ0n) is 10.6. The Kier molecular flexibility index (Phi) is 5.33. The summed E-state index contributed by atoms with van der Waals surface area (Å²) in [6, 6.07) is 10.0. The molecule has 0 spiro atoms. The van der Waals surface area contributed by atoms with Gasteiger partial charge in [-0.05, 0) is 44.0 Å². The Morgan fingerprint density at radius 3 is 2.50 bits per heavy atom. The quantitative estimate of drug-likeness (QED) is 0.714. The number of ether oxygens (including phenoxy) is 1. The summed E-state index contributed by atoms with van der Waals surface area (Å²) < 4.78 is 5.66. The highest BCUT2D eigenvalue weighted by Gasteiger charge is 2.15. The molecule has 0 bridgehead atoms. The zero-order chi connectivity index (χ0) is 11.9. The van der Waals surface area contributed by atoms with Gasteiger partial charge in [0.25, 0.3) is 0 Å². The SMILES string of the molecule is CNCC(C)(C)CCCOc1ccccc1. The first kappa shape index (κ1) is 13.0. The second kappa shape index (κ2) is 6.54. The summed E-state index contributed by atoms with van der Waals surface area (Å²) in [6.07, 6.45) is 2.28. The fourth-order valence-electron chi connectivity index (χ4n) is 1.82. The molecule has 0 saturated heterocycles. The molecule has 0 aromatic heterocycles. The van der Waals surface area contributed by atoms with Crippen molar-refractivity contribution in [3.63, 3.8) is 0 Å². The lowest BCUT2D eigenvalue weighted by molar-refractivity contribution is 0.253. The Balaban J connectivity index is 2.17. The number of hydrogen-bond donors (Lipinski definition) is 1. The molecule has 0 atom stereocenters. The lowest BCUT2D eigenvalue weighted by Crippen LogP contribution is -2.27. The van der Waals surface area contributed by atoms with Crippen molar-refractivity contribution in [1.82, 2.24) is 5.32 Å². The molecule has 1 aromatic carbocycles. The molecule has 0 radical (unpaired) electrons. The van der Waals surface area contributed by atoms with Crippen LogP contribution < -0.4 is 10.1 Å². The summed E-state index contributed by atoms with van der Waals surface area (Å²) in [5, 5.41) is 3.23. The van der Waals surface area contributed by atoms with Crippen LogP contribution in [0.3, 0.4) is 0 Å². The minimum atomic E-state index is 0.356. The molecule has 0 unspecified atom stereocenters.